The van der Waals surface area contributed by atoms with E-state index in [4.69, 9.17) is 23.4 Å². The maximum atomic E-state index is 12.8. The molecule has 0 unspecified atom stereocenters. The second-order valence-corrected chi connectivity index (χ2v) is 7.97. The quantitative estimate of drug-likeness (QED) is 0.362. The van der Waals surface area contributed by atoms with Crippen molar-refractivity contribution in [1.29, 1.82) is 0 Å². The Hall–Kier alpha value is -2.36. The number of aryl methyl sites for hydroxylation is 1. The first-order valence-electron chi connectivity index (χ1n) is 9.34. The second kappa shape index (κ2) is 9.72. The molecule has 0 saturated heterocycles. The molecule has 148 valence electrons. The average Bonchev–Trinajstić information content (AvgIpc) is 3.02. The van der Waals surface area contributed by atoms with Crippen molar-refractivity contribution in [3.05, 3.63) is 40.8 Å². The Labute approximate surface area is 176 Å². The van der Waals surface area contributed by atoms with Crippen molar-refractivity contribution in [3.8, 4) is 23.5 Å². The van der Waals surface area contributed by atoms with Crippen molar-refractivity contribution < 1.29 is 9.53 Å². The number of thiophene rings is 1. The summed E-state index contributed by atoms with van der Waals surface area (Å²) in [6, 6.07) is 9.81. The van der Waals surface area contributed by atoms with Crippen molar-refractivity contribution >= 4 is 39.6 Å². The van der Waals surface area contributed by atoms with Gasteiger partial charge < -0.3 is 15.4 Å². The largest absolute Gasteiger partial charge is 0.462 e. The van der Waals surface area contributed by atoms with Gasteiger partial charge in [0.25, 0.3) is 0 Å². The molecule has 0 radical (unpaired) electrons. The third kappa shape index (κ3) is 4.73. The Kier molecular flexibility index (Phi) is 7.61. The van der Waals surface area contributed by atoms with Crippen LogP contribution < -0.4 is 10.6 Å². The Morgan fingerprint density at radius 1 is 1.25 bits per heavy atom. The highest BCUT2D eigenvalue weighted by Gasteiger charge is 2.27. The molecule has 2 N–H and O–H groups in total. The summed E-state index contributed by atoms with van der Waals surface area (Å²) >= 11 is 6.98. The fraction of sp³-hybridized carbons (Fsp3) is 0.364. The molecule has 2 aromatic rings. The smallest absolute Gasteiger partial charge is 0.341 e. The lowest BCUT2D eigenvalue weighted by Crippen LogP contribution is -2.48. The zero-order valence-corrected chi connectivity index (χ0v) is 18.4. The number of anilines is 1. The molecule has 0 amide bonds. The van der Waals surface area contributed by atoms with Crippen LogP contribution in [-0.2, 0) is 4.74 Å². The number of benzene rings is 1. The van der Waals surface area contributed by atoms with Gasteiger partial charge in [-0.1, -0.05) is 50.1 Å². The van der Waals surface area contributed by atoms with Crippen LogP contribution in [0.5, 0.6) is 0 Å². The number of hydrogen-bond acceptors (Lipinski definition) is 4. The van der Waals surface area contributed by atoms with E-state index < -0.39 is 5.54 Å². The minimum Gasteiger partial charge on any atom is -0.462 e. The van der Waals surface area contributed by atoms with Gasteiger partial charge in [0.2, 0.25) is 0 Å². The number of nitrogens with one attached hydrogen (secondary N) is 2. The first kappa shape index (κ1) is 21.9. The number of rotatable bonds is 7. The van der Waals surface area contributed by atoms with Crippen LogP contribution in [0, 0.1) is 19.3 Å². The molecule has 4 nitrogen and oxygen atoms in total. The molecular weight excluding hydrogens is 388 g/mol. The van der Waals surface area contributed by atoms with E-state index in [-0.39, 0.29) is 5.97 Å². The van der Waals surface area contributed by atoms with Gasteiger partial charge in [-0.3, -0.25) is 0 Å². The molecule has 28 heavy (non-hydrogen) atoms. The topological polar surface area (TPSA) is 50.4 Å². The SMILES string of the molecule is C#CC(CC)(CC)NC(=S)Nc1sc(C)c(-c2ccccc2)c1C(=O)OCC. The predicted octanol–water partition coefficient (Wildman–Crippen LogP) is 5.38. The van der Waals surface area contributed by atoms with Gasteiger partial charge in [-0.05, 0) is 44.5 Å². The number of terminal acetylenes is 1. The summed E-state index contributed by atoms with van der Waals surface area (Å²) in [4.78, 5) is 13.8. The van der Waals surface area contributed by atoms with Gasteiger partial charge in [0.05, 0.1) is 12.1 Å². The summed E-state index contributed by atoms with van der Waals surface area (Å²) in [5, 5.41) is 7.47. The summed E-state index contributed by atoms with van der Waals surface area (Å²) < 4.78 is 5.32. The lowest BCUT2D eigenvalue weighted by molar-refractivity contribution is 0.0529. The summed E-state index contributed by atoms with van der Waals surface area (Å²) in [5.41, 5.74) is 1.82. The monoisotopic (exact) mass is 414 g/mol. The summed E-state index contributed by atoms with van der Waals surface area (Å²) in [6.07, 6.45) is 7.20. The molecule has 1 aromatic heterocycles. The Morgan fingerprint density at radius 3 is 2.43 bits per heavy atom. The number of ether oxygens (including phenoxy) is 1. The van der Waals surface area contributed by atoms with Gasteiger partial charge in [-0.15, -0.1) is 17.8 Å². The summed E-state index contributed by atoms with van der Waals surface area (Å²) in [6.45, 7) is 8.12. The lowest BCUT2D eigenvalue weighted by atomic mass is 9.94. The minimum absolute atomic E-state index is 0.302. The predicted molar refractivity (Wildman–Crippen MR) is 122 cm³/mol. The van der Waals surface area contributed by atoms with Crippen LogP contribution in [0.3, 0.4) is 0 Å². The van der Waals surface area contributed by atoms with E-state index in [2.05, 4.69) is 16.6 Å². The number of hydrogen-bond donors (Lipinski definition) is 2. The van der Waals surface area contributed by atoms with E-state index in [1.165, 1.54) is 11.3 Å². The van der Waals surface area contributed by atoms with Crippen LogP contribution in [0.2, 0.25) is 0 Å². The van der Waals surface area contributed by atoms with Crippen LogP contribution in [-0.4, -0.2) is 23.2 Å². The number of carbonyl (C=O) groups excluding carboxylic acids is 1. The number of carbonyl (C=O) groups is 1. The van der Waals surface area contributed by atoms with E-state index in [1.54, 1.807) is 6.92 Å². The Balaban J connectivity index is 2.43. The highest BCUT2D eigenvalue weighted by Crippen LogP contribution is 2.40. The average molecular weight is 415 g/mol. The van der Waals surface area contributed by atoms with Crippen molar-refractivity contribution in [2.24, 2.45) is 0 Å². The van der Waals surface area contributed by atoms with Crippen molar-refractivity contribution in [3.63, 3.8) is 0 Å². The zero-order valence-electron chi connectivity index (χ0n) is 16.7. The lowest BCUT2D eigenvalue weighted by Gasteiger charge is -2.28. The Bertz CT molecular complexity index is 878. The highest BCUT2D eigenvalue weighted by atomic mass is 32.1. The fourth-order valence-electron chi connectivity index (χ4n) is 3.00. The van der Waals surface area contributed by atoms with E-state index >= 15 is 0 Å². The molecule has 0 bridgehead atoms. The molecule has 1 aromatic carbocycles. The first-order chi connectivity index (χ1) is 13.4. The molecule has 0 aliphatic carbocycles. The van der Waals surface area contributed by atoms with Gasteiger partial charge in [0.15, 0.2) is 5.11 Å². The molecule has 0 aliphatic heterocycles. The second-order valence-electron chi connectivity index (χ2n) is 6.34. The maximum absolute atomic E-state index is 12.8. The third-order valence-electron chi connectivity index (χ3n) is 4.69. The molecule has 0 fully saturated rings. The van der Waals surface area contributed by atoms with E-state index in [0.717, 1.165) is 28.8 Å². The first-order valence-corrected chi connectivity index (χ1v) is 10.6. The fourth-order valence-corrected chi connectivity index (χ4v) is 4.43. The zero-order chi connectivity index (χ0) is 20.7. The Morgan fingerprint density at radius 2 is 1.89 bits per heavy atom. The van der Waals surface area contributed by atoms with Crippen LogP contribution in [0.15, 0.2) is 30.3 Å². The van der Waals surface area contributed by atoms with Gasteiger partial charge in [0.1, 0.15) is 10.6 Å². The van der Waals surface area contributed by atoms with E-state index in [0.29, 0.717) is 22.3 Å². The molecule has 0 spiro atoms. The van der Waals surface area contributed by atoms with E-state index in [1.807, 2.05) is 51.1 Å². The third-order valence-corrected chi connectivity index (χ3v) is 5.91. The molecule has 0 atom stereocenters. The van der Waals surface area contributed by atoms with Crippen molar-refractivity contribution in [2.75, 3.05) is 11.9 Å². The van der Waals surface area contributed by atoms with Gasteiger partial charge in [0, 0.05) is 10.4 Å². The maximum Gasteiger partial charge on any atom is 0.341 e. The van der Waals surface area contributed by atoms with Crippen LogP contribution in [0.25, 0.3) is 11.1 Å². The van der Waals surface area contributed by atoms with Crippen LogP contribution in [0.4, 0.5) is 5.00 Å². The van der Waals surface area contributed by atoms with Gasteiger partial charge in [-0.2, -0.15) is 0 Å². The number of esters is 1. The van der Waals surface area contributed by atoms with Crippen LogP contribution in [0.1, 0.15) is 48.8 Å². The summed E-state index contributed by atoms with van der Waals surface area (Å²) in [5.74, 6) is 2.43. The normalized spacial score (nSPS) is 10.8. The van der Waals surface area contributed by atoms with Gasteiger partial charge in [-0.25, -0.2) is 4.79 Å². The molecule has 6 heteroatoms. The number of thiocarbonyl (C=S) groups is 1. The van der Waals surface area contributed by atoms with Gasteiger partial charge >= 0.3 is 5.97 Å². The van der Waals surface area contributed by atoms with Crippen LogP contribution >= 0.6 is 23.6 Å². The molecule has 2 rings (SSSR count). The molecular formula is C22H26N2O2S2. The molecule has 1 heterocycles. The highest BCUT2D eigenvalue weighted by molar-refractivity contribution is 7.80. The van der Waals surface area contributed by atoms with Crippen molar-refractivity contribution in [2.45, 2.75) is 46.1 Å². The molecule has 0 aliphatic rings. The molecule has 0 saturated carbocycles. The summed E-state index contributed by atoms with van der Waals surface area (Å²) in [7, 11) is 0. The minimum atomic E-state index is -0.511. The van der Waals surface area contributed by atoms with Crippen molar-refractivity contribution in [1.82, 2.24) is 5.32 Å². The standard InChI is InChI=1S/C22H26N2O2S2/c1-6-22(7-2,8-3)24-21(27)23-19-18(20(25)26-9-4)17(15(5)28-19)16-13-11-10-12-14-16/h1,10-14H,7-9H2,2-5H3,(H2,23,24,27). The van der Waals surface area contributed by atoms with E-state index in [9.17, 15) is 4.79 Å².